The molecule has 1 aromatic carbocycles. The van der Waals surface area contributed by atoms with Crippen molar-refractivity contribution in [2.45, 2.75) is 25.8 Å². The van der Waals surface area contributed by atoms with Gasteiger partial charge in [0.05, 0.1) is 5.02 Å². The van der Waals surface area contributed by atoms with E-state index in [2.05, 4.69) is 0 Å². The van der Waals surface area contributed by atoms with E-state index in [1.54, 1.807) is 6.07 Å². The van der Waals surface area contributed by atoms with Crippen LogP contribution in [0.15, 0.2) is 22.6 Å². The molecule has 0 bridgehead atoms. The molecule has 2 N–H and O–H groups in total. The van der Waals surface area contributed by atoms with Crippen LogP contribution in [-0.4, -0.2) is 29.9 Å². The third-order valence-electron chi connectivity index (χ3n) is 4.02. The predicted octanol–water partition coefficient (Wildman–Crippen LogP) is 3.38. The number of likely N-dealkylation sites (tertiary alicyclic amines) is 1. The van der Waals surface area contributed by atoms with E-state index in [-0.39, 0.29) is 24.4 Å². The fourth-order valence-electron chi connectivity index (χ4n) is 2.89. The zero-order valence-corrected chi connectivity index (χ0v) is 13.3. The van der Waals surface area contributed by atoms with Crippen LogP contribution in [0.2, 0.25) is 5.02 Å². The number of fused-ring (bicyclic) bond motifs is 1. The quantitative estimate of drug-likeness (QED) is 0.919. The van der Waals surface area contributed by atoms with Crippen LogP contribution in [0.25, 0.3) is 11.0 Å². The third kappa shape index (κ3) is 2.63. The lowest BCUT2D eigenvalue weighted by Gasteiger charge is -2.22. The van der Waals surface area contributed by atoms with Crippen molar-refractivity contribution in [1.82, 2.24) is 4.90 Å². The molecule has 2 aromatic rings. The highest BCUT2D eigenvalue weighted by atomic mass is 35.5. The highest BCUT2D eigenvalue weighted by Gasteiger charge is 2.31. The number of carbonyl (C=O) groups is 1. The number of aryl methyl sites for hydroxylation is 1. The molecule has 4 nitrogen and oxygen atoms in total. The first-order valence-corrected chi connectivity index (χ1v) is 7.20. The lowest BCUT2D eigenvalue weighted by atomic mass is 10.1. The monoisotopic (exact) mass is 328 g/mol. The number of hydrogen-bond donors (Lipinski definition) is 1. The van der Waals surface area contributed by atoms with E-state index in [0.29, 0.717) is 22.9 Å². The first-order chi connectivity index (χ1) is 9.63. The second-order valence-electron chi connectivity index (χ2n) is 5.20. The second kappa shape index (κ2) is 6.26. The van der Waals surface area contributed by atoms with Crippen molar-refractivity contribution >= 4 is 40.9 Å². The smallest absolute Gasteiger partial charge is 0.290 e. The summed E-state index contributed by atoms with van der Waals surface area (Å²) in [6.07, 6.45) is 1.95. The van der Waals surface area contributed by atoms with Gasteiger partial charge in [0, 0.05) is 30.1 Å². The number of furan rings is 1. The van der Waals surface area contributed by atoms with Gasteiger partial charge < -0.3 is 15.1 Å². The number of para-hydroxylation sites is 1. The van der Waals surface area contributed by atoms with E-state index in [4.69, 9.17) is 21.8 Å². The van der Waals surface area contributed by atoms with Crippen LogP contribution in [0.4, 0.5) is 0 Å². The number of hydrogen-bond acceptors (Lipinski definition) is 3. The fraction of sp³-hybridized carbons (Fsp3) is 0.400. The lowest BCUT2D eigenvalue weighted by Crippen LogP contribution is -2.40. The lowest BCUT2D eigenvalue weighted by molar-refractivity contribution is 0.0710. The zero-order valence-electron chi connectivity index (χ0n) is 11.8. The largest absolute Gasteiger partial charge is 0.449 e. The highest BCUT2D eigenvalue weighted by molar-refractivity contribution is 6.35. The Balaban J connectivity index is 0.00000161. The highest BCUT2D eigenvalue weighted by Crippen LogP contribution is 2.32. The summed E-state index contributed by atoms with van der Waals surface area (Å²) in [6.45, 7) is 3.12. The van der Waals surface area contributed by atoms with Gasteiger partial charge in [-0.2, -0.15) is 0 Å². The van der Waals surface area contributed by atoms with E-state index in [0.717, 1.165) is 30.3 Å². The van der Waals surface area contributed by atoms with Crippen molar-refractivity contribution in [2.75, 3.05) is 13.1 Å². The van der Waals surface area contributed by atoms with Crippen LogP contribution < -0.4 is 5.73 Å². The van der Waals surface area contributed by atoms with Crippen LogP contribution in [0.5, 0.6) is 0 Å². The normalized spacial score (nSPS) is 18.0. The molecule has 0 aliphatic carbocycles. The summed E-state index contributed by atoms with van der Waals surface area (Å²) in [4.78, 5) is 14.5. The Labute approximate surface area is 134 Å². The van der Waals surface area contributed by atoms with Crippen molar-refractivity contribution in [3.8, 4) is 0 Å². The average Bonchev–Trinajstić information content (AvgIpc) is 3.04. The Morgan fingerprint density at radius 2 is 2.29 bits per heavy atom. The first kappa shape index (κ1) is 16.1. The third-order valence-corrected chi connectivity index (χ3v) is 4.32. The maximum absolute atomic E-state index is 12.7. The van der Waals surface area contributed by atoms with E-state index in [1.807, 2.05) is 24.0 Å². The topological polar surface area (TPSA) is 59.5 Å². The number of halogens is 2. The fourth-order valence-corrected chi connectivity index (χ4v) is 3.10. The van der Waals surface area contributed by atoms with Crippen LogP contribution in [0, 0.1) is 6.92 Å². The number of nitrogens with zero attached hydrogens (tertiary/aromatic N) is 1. The molecule has 1 atom stereocenters. The van der Waals surface area contributed by atoms with Gasteiger partial charge in [-0.05, 0) is 25.8 Å². The molecule has 1 unspecified atom stereocenters. The minimum atomic E-state index is -0.0808. The van der Waals surface area contributed by atoms with Gasteiger partial charge in [-0.1, -0.05) is 23.7 Å². The average molecular weight is 329 g/mol. The first-order valence-electron chi connectivity index (χ1n) is 6.82. The molecule has 1 saturated heterocycles. The Morgan fingerprint density at radius 3 is 2.95 bits per heavy atom. The molecule has 1 aromatic heterocycles. The molecule has 1 aliphatic rings. The van der Waals surface area contributed by atoms with Crippen LogP contribution in [0.3, 0.4) is 0 Å². The maximum atomic E-state index is 12.7. The van der Waals surface area contributed by atoms with E-state index < -0.39 is 0 Å². The molecule has 1 amide bonds. The van der Waals surface area contributed by atoms with Gasteiger partial charge in [-0.15, -0.1) is 12.4 Å². The van der Waals surface area contributed by atoms with Crippen LogP contribution in [0.1, 0.15) is 29.0 Å². The minimum Gasteiger partial charge on any atom is -0.449 e. The Morgan fingerprint density at radius 1 is 1.52 bits per heavy atom. The summed E-state index contributed by atoms with van der Waals surface area (Å²) in [6, 6.07) is 5.66. The Kier molecular flexibility index (Phi) is 4.81. The van der Waals surface area contributed by atoms with Crippen molar-refractivity contribution in [3.05, 3.63) is 34.5 Å². The molecular weight excluding hydrogens is 311 g/mol. The van der Waals surface area contributed by atoms with Crippen molar-refractivity contribution in [1.29, 1.82) is 0 Å². The second-order valence-corrected chi connectivity index (χ2v) is 5.61. The Bertz CT molecular complexity index is 669. The van der Waals surface area contributed by atoms with Gasteiger partial charge in [-0.3, -0.25) is 4.79 Å². The standard InChI is InChI=1S/C15H17ClN2O2.ClH/c1-9-11-5-2-6-12(16)14(11)20-13(9)15(19)18-7-3-4-10(18)8-17;/h2,5-6,10H,3-4,7-8,17H2,1H3;1H. The maximum Gasteiger partial charge on any atom is 0.290 e. The van der Waals surface area contributed by atoms with Crippen LogP contribution in [-0.2, 0) is 0 Å². The van der Waals surface area contributed by atoms with Gasteiger partial charge in [0.15, 0.2) is 11.3 Å². The van der Waals surface area contributed by atoms with Crippen molar-refractivity contribution < 1.29 is 9.21 Å². The summed E-state index contributed by atoms with van der Waals surface area (Å²) in [5.74, 6) is 0.302. The zero-order chi connectivity index (χ0) is 14.3. The summed E-state index contributed by atoms with van der Waals surface area (Å²) in [5, 5.41) is 1.42. The number of amides is 1. The molecule has 0 radical (unpaired) electrons. The van der Waals surface area contributed by atoms with E-state index >= 15 is 0 Å². The molecule has 114 valence electrons. The van der Waals surface area contributed by atoms with Gasteiger partial charge in [0.2, 0.25) is 0 Å². The molecule has 6 heteroatoms. The number of benzene rings is 1. The number of rotatable bonds is 2. The van der Waals surface area contributed by atoms with E-state index in [9.17, 15) is 4.79 Å². The molecule has 0 spiro atoms. The molecular formula is C15H18Cl2N2O2. The van der Waals surface area contributed by atoms with Gasteiger partial charge >= 0.3 is 0 Å². The molecule has 21 heavy (non-hydrogen) atoms. The van der Waals surface area contributed by atoms with Gasteiger partial charge in [0.25, 0.3) is 5.91 Å². The summed E-state index contributed by atoms with van der Waals surface area (Å²) >= 11 is 6.12. The SMILES string of the molecule is Cc1c(C(=O)N2CCCC2CN)oc2c(Cl)cccc12.Cl. The van der Waals surface area contributed by atoms with Crippen molar-refractivity contribution in [2.24, 2.45) is 5.73 Å². The Hall–Kier alpha value is -1.23. The molecule has 0 saturated carbocycles. The molecule has 1 aliphatic heterocycles. The number of nitrogens with two attached hydrogens (primary N) is 1. The van der Waals surface area contributed by atoms with Gasteiger partial charge in [0.1, 0.15) is 0 Å². The minimum absolute atomic E-state index is 0. The molecule has 1 fully saturated rings. The van der Waals surface area contributed by atoms with Crippen LogP contribution >= 0.6 is 24.0 Å². The van der Waals surface area contributed by atoms with Gasteiger partial charge in [-0.25, -0.2) is 0 Å². The predicted molar refractivity (Wildman–Crippen MR) is 86.3 cm³/mol. The van der Waals surface area contributed by atoms with Crippen molar-refractivity contribution in [3.63, 3.8) is 0 Å². The molecule has 3 rings (SSSR count). The van der Waals surface area contributed by atoms with E-state index in [1.165, 1.54) is 0 Å². The number of carbonyl (C=O) groups excluding carboxylic acids is 1. The summed E-state index contributed by atoms with van der Waals surface area (Å²) in [7, 11) is 0. The summed E-state index contributed by atoms with van der Waals surface area (Å²) in [5.41, 5.74) is 7.16. The molecule has 2 heterocycles. The summed E-state index contributed by atoms with van der Waals surface area (Å²) < 4.78 is 5.73.